The summed E-state index contributed by atoms with van der Waals surface area (Å²) in [4.78, 5) is 27.6. The Labute approximate surface area is 168 Å². The van der Waals surface area contributed by atoms with Crippen LogP contribution in [0.2, 0.25) is 0 Å². The minimum Gasteiger partial charge on any atom is -0.338 e. The van der Waals surface area contributed by atoms with Crippen LogP contribution in [-0.2, 0) is 0 Å². The van der Waals surface area contributed by atoms with Crippen LogP contribution in [0.25, 0.3) is 0 Å². The Balaban J connectivity index is 1.83. The van der Waals surface area contributed by atoms with Gasteiger partial charge < -0.3 is 10.2 Å². The standard InChI is InChI=1S/C21H23IN2O2/c1-14-11-15(2)13-24(12-14)21(26)17-8-4-6-10-19(17)23-20(25)16-7-3-5-9-18(16)22/h3-10,14-15H,11-13H2,1-2H3,(H,23,25). The smallest absolute Gasteiger partial charge is 0.256 e. The van der Waals surface area contributed by atoms with E-state index < -0.39 is 0 Å². The third-order valence-corrected chi connectivity index (χ3v) is 5.62. The van der Waals surface area contributed by atoms with E-state index >= 15 is 0 Å². The minimum atomic E-state index is -0.198. The summed E-state index contributed by atoms with van der Waals surface area (Å²) in [6.45, 7) is 5.89. The summed E-state index contributed by atoms with van der Waals surface area (Å²) in [6, 6.07) is 14.7. The van der Waals surface area contributed by atoms with Gasteiger partial charge in [-0.1, -0.05) is 38.1 Å². The summed E-state index contributed by atoms with van der Waals surface area (Å²) in [5.41, 5.74) is 1.72. The van der Waals surface area contributed by atoms with E-state index in [-0.39, 0.29) is 11.8 Å². The molecule has 26 heavy (non-hydrogen) atoms. The van der Waals surface area contributed by atoms with Crippen molar-refractivity contribution in [1.82, 2.24) is 4.90 Å². The van der Waals surface area contributed by atoms with Gasteiger partial charge in [0.25, 0.3) is 11.8 Å². The average molecular weight is 462 g/mol. The van der Waals surface area contributed by atoms with Crippen molar-refractivity contribution in [3.63, 3.8) is 0 Å². The number of piperidine rings is 1. The van der Waals surface area contributed by atoms with Crippen LogP contribution < -0.4 is 5.32 Å². The molecule has 2 unspecified atom stereocenters. The van der Waals surface area contributed by atoms with Crippen LogP contribution in [0.5, 0.6) is 0 Å². The topological polar surface area (TPSA) is 49.4 Å². The molecule has 2 aromatic rings. The van der Waals surface area contributed by atoms with Gasteiger partial charge in [-0.15, -0.1) is 0 Å². The third kappa shape index (κ3) is 4.26. The van der Waals surface area contributed by atoms with Crippen LogP contribution in [0.1, 0.15) is 41.0 Å². The summed E-state index contributed by atoms with van der Waals surface area (Å²) < 4.78 is 0.880. The highest BCUT2D eigenvalue weighted by atomic mass is 127. The van der Waals surface area contributed by atoms with Crippen molar-refractivity contribution in [3.05, 3.63) is 63.2 Å². The maximum atomic E-state index is 13.1. The molecule has 0 radical (unpaired) electrons. The first-order chi connectivity index (χ1) is 12.5. The van der Waals surface area contributed by atoms with E-state index in [1.165, 1.54) is 0 Å². The Bertz CT molecular complexity index is 811. The average Bonchev–Trinajstić information content (AvgIpc) is 2.61. The molecule has 5 heteroatoms. The first-order valence-electron chi connectivity index (χ1n) is 8.90. The number of amides is 2. The van der Waals surface area contributed by atoms with Crippen molar-refractivity contribution in [1.29, 1.82) is 0 Å². The second kappa shape index (κ2) is 8.20. The lowest BCUT2D eigenvalue weighted by Crippen LogP contribution is -2.42. The minimum absolute atomic E-state index is 0.0120. The van der Waals surface area contributed by atoms with Crippen LogP contribution in [0.3, 0.4) is 0 Å². The monoisotopic (exact) mass is 462 g/mol. The molecule has 0 aliphatic carbocycles. The fourth-order valence-corrected chi connectivity index (χ4v) is 4.25. The number of rotatable bonds is 3. The van der Waals surface area contributed by atoms with Gasteiger partial charge in [0.2, 0.25) is 0 Å². The molecular weight excluding hydrogens is 439 g/mol. The molecule has 1 heterocycles. The fourth-order valence-electron chi connectivity index (χ4n) is 3.61. The number of anilines is 1. The van der Waals surface area contributed by atoms with E-state index in [2.05, 4.69) is 41.8 Å². The van der Waals surface area contributed by atoms with Gasteiger partial charge in [0.1, 0.15) is 0 Å². The summed E-state index contributed by atoms with van der Waals surface area (Å²) in [5, 5.41) is 2.92. The first-order valence-corrected chi connectivity index (χ1v) is 9.97. The van der Waals surface area contributed by atoms with Crippen molar-refractivity contribution >= 4 is 40.1 Å². The Morgan fingerprint density at radius 2 is 1.54 bits per heavy atom. The van der Waals surface area contributed by atoms with E-state index in [1.54, 1.807) is 18.2 Å². The maximum absolute atomic E-state index is 13.1. The Morgan fingerprint density at radius 1 is 0.962 bits per heavy atom. The van der Waals surface area contributed by atoms with Crippen LogP contribution in [0.15, 0.2) is 48.5 Å². The molecule has 2 amide bonds. The van der Waals surface area contributed by atoms with E-state index in [4.69, 9.17) is 0 Å². The summed E-state index contributed by atoms with van der Waals surface area (Å²) in [7, 11) is 0. The fraction of sp³-hybridized carbons (Fsp3) is 0.333. The van der Waals surface area contributed by atoms with Gasteiger partial charge in [-0.05, 0) is 65.1 Å². The molecule has 1 aliphatic rings. The molecule has 1 saturated heterocycles. The number of nitrogens with zero attached hydrogens (tertiary/aromatic N) is 1. The number of carbonyl (C=O) groups excluding carboxylic acids is 2. The Morgan fingerprint density at radius 3 is 2.19 bits per heavy atom. The highest BCUT2D eigenvalue weighted by Gasteiger charge is 2.27. The Hall–Kier alpha value is -1.89. The predicted octanol–water partition coefficient (Wildman–Crippen LogP) is 4.66. The summed E-state index contributed by atoms with van der Waals surface area (Å²) in [6.07, 6.45) is 1.15. The quantitative estimate of drug-likeness (QED) is 0.675. The largest absolute Gasteiger partial charge is 0.338 e. The number of hydrogen-bond donors (Lipinski definition) is 1. The number of hydrogen-bond acceptors (Lipinski definition) is 2. The lowest BCUT2D eigenvalue weighted by atomic mass is 9.91. The van der Waals surface area contributed by atoms with E-state index in [9.17, 15) is 9.59 Å². The molecule has 0 bridgehead atoms. The van der Waals surface area contributed by atoms with Crippen LogP contribution in [0.4, 0.5) is 5.69 Å². The van der Waals surface area contributed by atoms with E-state index in [1.807, 2.05) is 35.2 Å². The van der Waals surface area contributed by atoms with E-state index in [0.717, 1.165) is 23.1 Å². The number of halogens is 1. The highest BCUT2D eigenvalue weighted by molar-refractivity contribution is 14.1. The van der Waals surface area contributed by atoms with Gasteiger partial charge in [-0.2, -0.15) is 0 Å². The number of likely N-dealkylation sites (tertiary alicyclic amines) is 1. The van der Waals surface area contributed by atoms with Crippen molar-refractivity contribution in [2.75, 3.05) is 18.4 Å². The third-order valence-electron chi connectivity index (χ3n) is 4.68. The second-order valence-corrected chi connectivity index (χ2v) is 8.30. The Kier molecular flexibility index (Phi) is 5.96. The van der Waals surface area contributed by atoms with Crippen molar-refractivity contribution in [3.8, 4) is 0 Å². The molecule has 2 atom stereocenters. The molecule has 3 rings (SSSR count). The van der Waals surface area contributed by atoms with Gasteiger partial charge in [-0.3, -0.25) is 9.59 Å². The zero-order valence-corrected chi connectivity index (χ0v) is 17.2. The van der Waals surface area contributed by atoms with Gasteiger partial charge >= 0.3 is 0 Å². The number of benzene rings is 2. The molecule has 1 aliphatic heterocycles. The van der Waals surface area contributed by atoms with Gasteiger partial charge in [0.05, 0.1) is 16.8 Å². The molecule has 4 nitrogen and oxygen atoms in total. The number of para-hydroxylation sites is 1. The number of carbonyl (C=O) groups is 2. The van der Waals surface area contributed by atoms with Crippen LogP contribution >= 0.6 is 22.6 Å². The SMILES string of the molecule is CC1CC(C)CN(C(=O)c2ccccc2NC(=O)c2ccccc2I)C1. The van der Waals surface area contributed by atoms with Gasteiger partial charge in [0, 0.05) is 16.7 Å². The second-order valence-electron chi connectivity index (χ2n) is 7.14. The highest BCUT2D eigenvalue weighted by Crippen LogP contribution is 2.25. The normalized spacial score (nSPS) is 19.9. The number of nitrogens with one attached hydrogen (secondary N) is 1. The first kappa shape index (κ1) is 18.9. The summed E-state index contributed by atoms with van der Waals surface area (Å²) >= 11 is 2.14. The van der Waals surface area contributed by atoms with Crippen molar-refractivity contribution < 1.29 is 9.59 Å². The summed E-state index contributed by atoms with van der Waals surface area (Å²) in [5.74, 6) is 0.781. The molecule has 1 N–H and O–H groups in total. The van der Waals surface area contributed by atoms with Gasteiger partial charge in [-0.25, -0.2) is 0 Å². The molecular formula is C21H23IN2O2. The molecule has 0 aromatic heterocycles. The predicted molar refractivity (Wildman–Crippen MR) is 112 cm³/mol. The lowest BCUT2D eigenvalue weighted by molar-refractivity contribution is 0.0624. The molecule has 136 valence electrons. The molecule has 0 saturated carbocycles. The zero-order chi connectivity index (χ0) is 18.7. The van der Waals surface area contributed by atoms with Crippen LogP contribution in [-0.4, -0.2) is 29.8 Å². The maximum Gasteiger partial charge on any atom is 0.256 e. The zero-order valence-electron chi connectivity index (χ0n) is 15.0. The molecule has 1 fully saturated rings. The van der Waals surface area contributed by atoms with Crippen molar-refractivity contribution in [2.24, 2.45) is 11.8 Å². The van der Waals surface area contributed by atoms with Crippen LogP contribution in [0, 0.1) is 15.4 Å². The molecule has 2 aromatic carbocycles. The lowest BCUT2D eigenvalue weighted by Gasteiger charge is -2.35. The van der Waals surface area contributed by atoms with E-state index in [0.29, 0.717) is 28.7 Å². The van der Waals surface area contributed by atoms with Crippen molar-refractivity contribution in [2.45, 2.75) is 20.3 Å². The molecule has 0 spiro atoms. The van der Waals surface area contributed by atoms with Gasteiger partial charge in [0.15, 0.2) is 0 Å².